The fourth-order valence-corrected chi connectivity index (χ4v) is 9.50. The zero-order valence-corrected chi connectivity index (χ0v) is 28.7. The smallest absolute Gasteiger partial charge is 0.258 e. The SMILES string of the molecule is O=C1C2CC=C3C(CC4(Cl)C(=O)N(c5c(F)c(F)c(F)c(F)c5F)C(=O)C4(Cl)C3c3c(O)ccc4ccccc34)C2C(=O)N1c1ccc(Br)cc1. The van der Waals surface area contributed by atoms with E-state index in [-0.39, 0.29) is 28.1 Å². The molecule has 4 aliphatic rings. The number of allylic oxidation sites excluding steroid dienone is 2. The lowest BCUT2D eigenvalue weighted by Gasteiger charge is -2.51. The molecule has 2 aliphatic carbocycles. The van der Waals surface area contributed by atoms with Gasteiger partial charge in [-0.1, -0.05) is 57.9 Å². The lowest BCUT2D eigenvalue weighted by Crippen LogP contribution is -2.60. The first-order valence-electron chi connectivity index (χ1n) is 15.5. The first kappa shape index (κ1) is 33.8. The monoisotopic (exact) mass is 804 g/mol. The number of imide groups is 2. The maximum atomic E-state index is 15.3. The van der Waals surface area contributed by atoms with Crippen molar-refractivity contribution in [2.75, 3.05) is 9.80 Å². The minimum atomic E-state index is -2.76. The van der Waals surface area contributed by atoms with Crippen LogP contribution in [0.3, 0.4) is 0 Å². The molecule has 8 rings (SSSR count). The first-order chi connectivity index (χ1) is 24.1. The van der Waals surface area contributed by atoms with Crippen molar-refractivity contribution in [1.29, 1.82) is 0 Å². The molecule has 4 amide bonds. The lowest BCUT2D eigenvalue weighted by atomic mass is 9.56. The molecule has 2 saturated heterocycles. The van der Waals surface area contributed by atoms with Gasteiger partial charge in [0.1, 0.15) is 11.4 Å². The van der Waals surface area contributed by atoms with E-state index in [0.717, 1.165) is 4.90 Å². The van der Waals surface area contributed by atoms with E-state index < -0.39 is 104 Å². The van der Waals surface area contributed by atoms with Crippen molar-refractivity contribution in [2.24, 2.45) is 17.8 Å². The number of alkyl halides is 2. The summed E-state index contributed by atoms with van der Waals surface area (Å²) in [6.45, 7) is 0. The number of benzene rings is 4. The van der Waals surface area contributed by atoms with Crippen LogP contribution in [-0.4, -0.2) is 38.5 Å². The number of anilines is 2. The zero-order chi connectivity index (χ0) is 36.5. The van der Waals surface area contributed by atoms with Gasteiger partial charge in [-0.2, -0.15) is 0 Å². The van der Waals surface area contributed by atoms with Crippen LogP contribution in [0.4, 0.5) is 33.3 Å². The predicted octanol–water partition coefficient (Wildman–Crippen LogP) is 7.77. The number of rotatable bonds is 3. The molecule has 3 fully saturated rings. The number of amides is 4. The quantitative estimate of drug-likeness (QED) is 0.0571. The standard InChI is InChI=1S/C36H20BrCl2F5N2O5/c37-15-6-8-16(9-7-15)45-31(48)19-11-10-18-20(22(19)32(45)49)13-35(38)33(50)46(30-28(43)26(41)25(40)27(42)29(30)44)34(51)36(35,39)24(18)23-17-4-2-1-3-14(17)5-12-21(23)47/h1-10,12,19-20,22,24,47H,11,13H2. The van der Waals surface area contributed by atoms with Crippen molar-refractivity contribution in [3.05, 3.63) is 111 Å². The van der Waals surface area contributed by atoms with Gasteiger partial charge < -0.3 is 5.11 Å². The predicted molar refractivity (Wildman–Crippen MR) is 179 cm³/mol. The van der Waals surface area contributed by atoms with Gasteiger partial charge in [-0.15, -0.1) is 23.2 Å². The van der Waals surface area contributed by atoms with Crippen molar-refractivity contribution < 1.29 is 46.2 Å². The van der Waals surface area contributed by atoms with E-state index in [0.29, 0.717) is 15.2 Å². The van der Waals surface area contributed by atoms with Crippen molar-refractivity contribution in [3.8, 4) is 5.75 Å². The van der Waals surface area contributed by atoms with E-state index in [4.69, 9.17) is 23.2 Å². The molecular weight excluding hydrogens is 786 g/mol. The van der Waals surface area contributed by atoms with Gasteiger partial charge in [-0.05, 0) is 59.9 Å². The molecule has 51 heavy (non-hydrogen) atoms. The molecule has 0 aromatic heterocycles. The second kappa shape index (κ2) is 11.3. The Balaban J connectivity index is 1.37. The summed E-state index contributed by atoms with van der Waals surface area (Å²) in [7, 11) is 0. The van der Waals surface area contributed by atoms with E-state index in [9.17, 15) is 37.5 Å². The van der Waals surface area contributed by atoms with Gasteiger partial charge in [0, 0.05) is 16.0 Å². The number of carbonyl (C=O) groups is 4. The van der Waals surface area contributed by atoms with Gasteiger partial charge >= 0.3 is 0 Å². The Hall–Kier alpha value is -4.33. The number of aromatic hydroxyl groups is 1. The number of carbonyl (C=O) groups excluding carboxylic acids is 4. The molecule has 0 bridgehead atoms. The maximum Gasteiger partial charge on any atom is 0.258 e. The average Bonchev–Trinajstić information content (AvgIpc) is 3.45. The van der Waals surface area contributed by atoms with Crippen LogP contribution in [-0.2, 0) is 19.2 Å². The lowest BCUT2D eigenvalue weighted by molar-refractivity contribution is -0.125. The molecule has 6 unspecified atom stereocenters. The summed E-state index contributed by atoms with van der Waals surface area (Å²) in [5, 5.41) is 12.3. The Morgan fingerprint density at radius 1 is 0.745 bits per heavy atom. The highest BCUT2D eigenvalue weighted by molar-refractivity contribution is 9.10. The third-order valence-corrected chi connectivity index (χ3v) is 12.5. The number of fused-ring (bicyclic) bond motifs is 5. The van der Waals surface area contributed by atoms with E-state index >= 15 is 8.78 Å². The van der Waals surface area contributed by atoms with Crippen LogP contribution < -0.4 is 9.80 Å². The minimum absolute atomic E-state index is 0.0375. The highest BCUT2D eigenvalue weighted by atomic mass is 79.9. The summed E-state index contributed by atoms with van der Waals surface area (Å²) in [5.74, 6) is -22.0. The molecule has 7 nitrogen and oxygen atoms in total. The van der Waals surface area contributed by atoms with Crippen LogP contribution in [0.15, 0.2) is 76.8 Å². The normalized spacial score (nSPS) is 28.7. The van der Waals surface area contributed by atoms with Gasteiger partial charge in [0.2, 0.25) is 17.6 Å². The molecule has 6 atom stereocenters. The zero-order valence-electron chi connectivity index (χ0n) is 25.6. The van der Waals surface area contributed by atoms with Crippen LogP contribution in [0.1, 0.15) is 24.3 Å². The Bertz CT molecular complexity index is 2300. The molecule has 1 saturated carbocycles. The fraction of sp³-hybridized carbons (Fsp3) is 0.222. The molecule has 0 spiro atoms. The molecule has 0 radical (unpaired) electrons. The number of nitrogens with zero attached hydrogens (tertiary/aromatic N) is 2. The average molecular weight is 806 g/mol. The van der Waals surface area contributed by atoms with E-state index in [1.807, 2.05) is 0 Å². The molecule has 4 aromatic carbocycles. The summed E-state index contributed by atoms with van der Waals surface area (Å²) in [6, 6.07) is 15.8. The number of hydrogen-bond donors (Lipinski definition) is 1. The summed E-state index contributed by atoms with van der Waals surface area (Å²) < 4.78 is 74.4. The summed E-state index contributed by atoms with van der Waals surface area (Å²) >= 11 is 17.8. The van der Waals surface area contributed by atoms with Crippen molar-refractivity contribution >= 4 is 84.9 Å². The van der Waals surface area contributed by atoms with Gasteiger partial charge in [-0.25, -0.2) is 26.9 Å². The van der Waals surface area contributed by atoms with Crippen molar-refractivity contribution in [2.45, 2.75) is 28.5 Å². The summed E-state index contributed by atoms with van der Waals surface area (Å²) in [6.07, 6.45) is 0.881. The Morgan fingerprint density at radius 3 is 2.04 bits per heavy atom. The minimum Gasteiger partial charge on any atom is -0.508 e. The molecule has 15 heteroatoms. The Labute approximate surface area is 303 Å². The first-order valence-corrected chi connectivity index (χ1v) is 17.0. The summed E-state index contributed by atoms with van der Waals surface area (Å²) in [4.78, 5) is 52.4. The molecule has 2 aliphatic heterocycles. The summed E-state index contributed by atoms with van der Waals surface area (Å²) in [5.41, 5.74) is -1.42. The Morgan fingerprint density at radius 2 is 1.37 bits per heavy atom. The number of hydrogen-bond acceptors (Lipinski definition) is 5. The third kappa shape index (κ3) is 4.28. The highest BCUT2D eigenvalue weighted by Crippen LogP contribution is 2.67. The molecule has 1 N–H and O–H groups in total. The molecule has 2 heterocycles. The van der Waals surface area contributed by atoms with Gasteiger partial charge in [-0.3, -0.25) is 24.1 Å². The van der Waals surface area contributed by atoms with Crippen molar-refractivity contribution in [3.63, 3.8) is 0 Å². The van der Waals surface area contributed by atoms with Crippen molar-refractivity contribution in [1.82, 2.24) is 0 Å². The fourth-order valence-electron chi connectivity index (χ4n) is 8.32. The topological polar surface area (TPSA) is 95.0 Å². The van der Waals surface area contributed by atoms with Crippen LogP contribution >= 0.6 is 39.1 Å². The third-order valence-electron chi connectivity index (χ3n) is 10.5. The second-order valence-electron chi connectivity index (χ2n) is 12.9. The Kier molecular flexibility index (Phi) is 7.51. The molecule has 260 valence electrons. The van der Waals surface area contributed by atoms with Crippen LogP contribution in [0.2, 0.25) is 0 Å². The van der Waals surface area contributed by atoms with Gasteiger partial charge in [0.15, 0.2) is 33.0 Å². The van der Waals surface area contributed by atoms with Gasteiger partial charge in [0.25, 0.3) is 11.8 Å². The highest BCUT2D eigenvalue weighted by Gasteiger charge is 2.77. The number of phenolic OH excluding ortho intramolecular Hbond substituents is 1. The van der Waals surface area contributed by atoms with Crippen LogP contribution in [0.25, 0.3) is 10.8 Å². The van der Waals surface area contributed by atoms with E-state index in [1.165, 1.54) is 6.07 Å². The number of halogens is 8. The molecule has 4 aromatic rings. The number of phenols is 1. The second-order valence-corrected chi connectivity index (χ2v) is 15.1. The maximum absolute atomic E-state index is 15.3. The van der Waals surface area contributed by atoms with Crippen LogP contribution in [0.5, 0.6) is 5.75 Å². The molecular formula is C36H20BrCl2F5N2O5. The van der Waals surface area contributed by atoms with E-state index in [2.05, 4.69) is 15.9 Å². The van der Waals surface area contributed by atoms with Crippen LogP contribution in [0, 0.1) is 46.8 Å². The van der Waals surface area contributed by atoms with Gasteiger partial charge in [0.05, 0.1) is 17.5 Å². The van der Waals surface area contributed by atoms with E-state index in [1.54, 1.807) is 60.7 Å². The largest absolute Gasteiger partial charge is 0.508 e.